The van der Waals surface area contributed by atoms with Crippen LogP contribution >= 0.6 is 0 Å². The Labute approximate surface area is 99.7 Å². The molecule has 1 N–H and O–H groups in total. The van der Waals surface area contributed by atoms with Gasteiger partial charge >= 0.3 is 6.09 Å². The SMILES string of the molecule is O=CCOCCNC(=O)OCc1ccccc1. The van der Waals surface area contributed by atoms with E-state index < -0.39 is 6.09 Å². The second-order valence-electron chi connectivity index (χ2n) is 3.23. The fourth-order valence-electron chi connectivity index (χ4n) is 1.13. The number of hydrogen-bond donors (Lipinski definition) is 1. The number of carbonyl (C=O) groups excluding carboxylic acids is 2. The molecule has 0 radical (unpaired) electrons. The number of benzene rings is 1. The Balaban J connectivity index is 2.07. The zero-order valence-corrected chi connectivity index (χ0v) is 9.43. The van der Waals surface area contributed by atoms with Crippen molar-refractivity contribution in [3.63, 3.8) is 0 Å². The van der Waals surface area contributed by atoms with Gasteiger partial charge in [-0.25, -0.2) is 4.79 Å². The molecule has 0 aliphatic rings. The van der Waals surface area contributed by atoms with Crippen molar-refractivity contribution in [2.24, 2.45) is 0 Å². The predicted octanol–water partition coefficient (Wildman–Crippen LogP) is 1.13. The highest BCUT2D eigenvalue weighted by Gasteiger charge is 2.01. The molecule has 0 aromatic heterocycles. The topological polar surface area (TPSA) is 64.6 Å². The van der Waals surface area contributed by atoms with Gasteiger partial charge in [0.2, 0.25) is 0 Å². The molecule has 92 valence electrons. The van der Waals surface area contributed by atoms with Crippen LogP contribution in [0.15, 0.2) is 30.3 Å². The number of alkyl carbamates (subject to hydrolysis) is 1. The Kier molecular flexibility index (Phi) is 6.43. The van der Waals surface area contributed by atoms with Crippen molar-refractivity contribution in [3.05, 3.63) is 35.9 Å². The van der Waals surface area contributed by atoms with E-state index in [0.29, 0.717) is 19.4 Å². The highest BCUT2D eigenvalue weighted by Crippen LogP contribution is 2.00. The van der Waals surface area contributed by atoms with Gasteiger partial charge in [-0.3, -0.25) is 0 Å². The lowest BCUT2D eigenvalue weighted by molar-refractivity contribution is -0.111. The van der Waals surface area contributed by atoms with E-state index in [0.717, 1.165) is 5.56 Å². The van der Waals surface area contributed by atoms with Crippen molar-refractivity contribution in [1.29, 1.82) is 0 Å². The van der Waals surface area contributed by atoms with E-state index >= 15 is 0 Å². The predicted molar refractivity (Wildman–Crippen MR) is 61.5 cm³/mol. The van der Waals surface area contributed by atoms with Gasteiger partial charge in [-0.1, -0.05) is 30.3 Å². The zero-order valence-electron chi connectivity index (χ0n) is 9.43. The van der Waals surface area contributed by atoms with Crippen LogP contribution in [0.2, 0.25) is 0 Å². The number of carbonyl (C=O) groups is 2. The van der Waals surface area contributed by atoms with Gasteiger partial charge in [0.15, 0.2) is 0 Å². The molecule has 1 aromatic carbocycles. The minimum absolute atomic E-state index is 0.0424. The molecule has 0 unspecified atom stereocenters. The average molecular weight is 237 g/mol. The third kappa shape index (κ3) is 6.32. The summed E-state index contributed by atoms with van der Waals surface area (Å²) in [6.07, 6.45) is 0.164. The minimum atomic E-state index is -0.497. The van der Waals surface area contributed by atoms with Crippen LogP contribution in [0.3, 0.4) is 0 Å². The molecule has 5 heteroatoms. The van der Waals surface area contributed by atoms with E-state index in [2.05, 4.69) is 5.32 Å². The molecule has 1 rings (SSSR count). The lowest BCUT2D eigenvalue weighted by Gasteiger charge is -2.06. The number of amides is 1. The first kappa shape index (κ1) is 13.2. The summed E-state index contributed by atoms with van der Waals surface area (Å²) in [5.74, 6) is 0. The van der Waals surface area contributed by atoms with Crippen LogP contribution in [-0.4, -0.2) is 32.1 Å². The molecular formula is C12H15NO4. The molecule has 0 saturated heterocycles. The fourth-order valence-corrected chi connectivity index (χ4v) is 1.13. The summed E-state index contributed by atoms with van der Waals surface area (Å²) in [5, 5.41) is 2.51. The van der Waals surface area contributed by atoms with Gasteiger partial charge in [0.25, 0.3) is 0 Å². The van der Waals surface area contributed by atoms with Gasteiger partial charge in [0, 0.05) is 6.54 Å². The summed E-state index contributed by atoms with van der Waals surface area (Å²) in [4.78, 5) is 21.1. The van der Waals surface area contributed by atoms with E-state index in [1.807, 2.05) is 30.3 Å². The Bertz CT molecular complexity index is 340. The first-order valence-electron chi connectivity index (χ1n) is 5.29. The molecule has 17 heavy (non-hydrogen) atoms. The number of rotatable bonds is 7. The van der Waals surface area contributed by atoms with Crippen molar-refractivity contribution < 1.29 is 19.1 Å². The summed E-state index contributed by atoms with van der Waals surface area (Å²) in [5.41, 5.74) is 0.930. The summed E-state index contributed by atoms with van der Waals surface area (Å²) in [7, 11) is 0. The van der Waals surface area contributed by atoms with E-state index in [-0.39, 0.29) is 13.2 Å². The van der Waals surface area contributed by atoms with Crippen LogP contribution in [-0.2, 0) is 20.9 Å². The monoisotopic (exact) mass is 237 g/mol. The Morgan fingerprint density at radius 2 is 2.06 bits per heavy atom. The smallest absolute Gasteiger partial charge is 0.407 e. The van der Waals surface area contributed by atoms with Crippen LogP contribution < -0.4 is 5.32 Å². The first-order valence-corrected chi connectivity index (χ1v) is 5.29. The maximum Gasteiger partial charge on any atom is 0.407 e. The average Bonchev–Trinajstić information content (AvgIpc) is 2.37. The third-order valence-electron chi connectivity index (χ3n) is 1.91. The number of aldehydes is 1. The lowest BCUT2D eigenvalue weighted by Crippen LogP contribution is -2.28. The quantitative estimate of drug-likeness (QED) is 0.570. The van der Waals surface area contributed by atoms with E-state index in [1.165, 1.54) is 0 Å². The Hall–Kier alpha value is -1.88. The van der Waals surface area contributed by atoms with Gasteiger partial charge < -0.3 is 19.6 Å². The molecule has 0 heterocycles. The summed E-state index contributed by atoms with van der Waals surface area (Å²) in [6.45, 7) is 0.892. The molecule has 0 bridgehead atoms. The maximum atomic E-state index is 11.2. The molecule has 0 saturated carbocycles. The molecule has 0 aliphatic heterocycles. The van der Waals surface area contributed by atoms with Crippen molar-refractivity contribution in [3.8, 4) is 0 Å². The molecule has 0 fully saturated rings. The van der Waals surface area contributed by atoms with Gasteiger partial charge in [0.1, 0.15) is 19.5 Å². The standard InChI is InChI=1S/C12H15NO4/c14-7-9-16-8-6-13-12(15)17-10-11-4-2-1-3-5-11/h1-5,7H,6,8-10H2,(H,13,15). The van der Waals surface area contributed by atoms with Crippen LogP contribution in [0.4, 0.5) is 4.79 Å². The Morgan fingerprint density at radius 1 is 1.29 bits per heavy atom. The van der Waals surface area contributed by atoms with Gasteiger partial charge in [-0.15, -0.1) is 0 Å². The maximum absolute atomic E-state index is 11.2. The second-order valence-corrected chi connectivity index (χ2v) is 3.23. The van der Waals surface area contributed by atoms with Crippen molar-refractivity contribution in [1.82, 2.24) is 5.32 Å². The van der Waals surface area contributed by atoms with Crippen LogP contribution in [0.25, 0.3) is 0 Å². The zero-order chi connectivity index (χ0) is 12.3. The van der Waals surface area contributed by atoms with Crippen molar-refractivity contribution in [2.75, 3.05) is 19.8 Å². The van der Waals surface area contributed by atoms with Gasteiger partial charge in [-0.2, -0.15) is 0 Å². The molecule has 1 amide bonds. The minimum Gasteiger partial charge on any atom is -0.445 e. The Morgan fingerprint density at radius 3 is 2.76 bits per heavy atom. The first-order chi connectivity index (χ1) is 8.33. The van der Waals surface area contributed by atoms with Crippen LogP contribution in [0, 0.1) is 0 Å². The highest BCUT2D eigenvalue weighted by molar-refractivity contribution is 5.67. The largest absolute Gasteiger partial charge is 0.445 e. The van der Waals surface area contributed by atoms with Crippen LogP contribution in [0.5, 0.6) is 0 Å². The van der Waals surface area contributed by atoms with Crippen LogP contribution in [0.1, 0.15) is 5.56 Å². The lowest BCUT2D eigenvalue weighted by atomic mass is 10.2. The van der Waals surface area contributed by atoms with Gasteiger partial charge in [0.05, 0.1) is 6.61 Å². The van der Waals surface area contributed by atoms with Crippen molar-refractivity contribution >= 4 is 12.4 Å². The highest BCUT2D eigenvalue weighted by atomic mass is 16.5. The van der Waals surface area contributed by atoms with E-state index in [1.54, 1.807) is 0 Å². The summed E-state index contributed by atoms with van der Waals surface area (Å²) >= 11 is 0. The number of nitrogens with one attached hydrogen (secondary N) is 1. The summed E-state index contributed by atoms with van der Waals surface area (Å²) in [6, 6.07) is 9.41. The van der Waals surface area contributed by atoms with Gasteiger partial charge in [-0.05, 0) is 5.56 Å². The number of hydrogen-bond acceptors (Lipinski definition) is 4. The molecular weight excluding hydrogens is 222 g/mol. The molecule has 0 aliphatic carbocycles. The summed E-state index contributed by atoms with van der Waals surface area (Å²) < 4.78 is 9.82. The second kappa shape index (κ2) is 8.29. The normalized spacial score (nSPS) is 9.65. The molecule has 0 spiro atoms. The molecule has 1 aromatic rings. The molecule has 0 atom stereocenters. The van der Waals surface area contributed by atoms with E-state index in [4.69, 9.17) is 9.47 Å². The van der Waals surface area contributed by atoms with E-state index in [9.17, 15) is 9.59 Å². The fraction of sp³-hybridized carbons (Fsp3) is 0.333. The molecule has 5 nitrogen and oxygen atoms in total. The third-order valence-corrected chi connectivity index (χ3v) is 1.91. The number of ether oxygens (including phenoxy) is 2. The van der Waals surface area contributed by atoms with Crippen molar-refractivity contribution in [2.45, 2.75) is 6.61 Å².